The van der Waals surface area contributed by atoms with Gasteiger partial charge in [0.2, 0.25) is 15.9 Å². The minimum atomic E-state index is -4.26. The van der Waals surface area contributed by atoms with Crippen LogP contribution in [0.25, 0.3) is 0 Å². The minimum absolute atomic E-state index is 0.0807. The molecule has 2 aromatic carbocycles. The van der Waals surface area contributed by atoms with E-state index < -0.39 is 32.7 Å². The second-order valence-corrected chi connectivity index (χ2v) is 11.2. The lowest BCUT2D eigenvalue weighted by atomic mass is 9.99. The molecule has 3 unspecified atom stereocenters. The predicted octanol–water partition coefficient (Wildman–Crippen LogP) is 2.72. The Kier molecular flexibility index (Phi) is 8.46. The maximum Gasteiger partial charge on any atom is 0.244 e. The predicted molar refractivity (Wildman–Crippen MR) is 129 cm³/mol. The normalized spacial score (nSPS) is 20.6. The van der Waals surface area contributed by atoms with Crippen LogP contribution in [0.15, 0.2) is 59.5 Å². The van der Waals surface area contributed by atoms with E-state index in [4.69, 9.17) is 4.74 Å². The molecule has 3 rings (SSSR count). The third-order valence-electron chi connectivity index (χ3n) is 5.99. The van der Waals surface area contributed by atoms with Crippen LogP contribution in [0.1, 0.15) is 33.3 Å². The summed E-state index contributed by atoms with van der Waals surface area (Å²) in [6.07, 6.45) is 0.293. The second kappa shape index (κ2) is 10.9. The Hall–Kier alpha value is -2.33. The summed E-state index contributed by atoms with van der Waals surface area (Å²) in [6.45, 7) is 9.90. The zero-order valence-electron chi connectivity index (χ0n) is 20.1. The fraction of sp³-hybridized carbons (Fsp3) is 0.480. The average molecular weight is 492 g/mol. The molecule has 1 heterocycles. The van der Waals surface area contributed by atoms with Gasteiger partial charge >= 0.3 is 0 Å². The SMILES string of the molecule is CC1CN(C(C)(C)CNC(=O)C(Cc2ccccc2)NS(=O)(=O)c2ccccc2F)CC(C)O1. The Labute approximate surface area is 201 Å². The zero-order chi connectivity index (χ0) is 24.9. The van der Waals surface area contributed by atoms with Crippen LogP contribution in [-0.2, 0) is 26.0 Å². The fourth-order valence-corrected chi connectivity index (χ4v) is 5.44. The molecule has 2 N–H and O–H groups in total. The molecule has 0 aliphatic carbocycles. The highest BCUT2D eigenvalue weighted by atomic mass is 32.2. The highest BCUT2D eigenvalue weighted by molar-refractivity contribution is 7.89. The van der Waals surface area contributed by atoms with E-state index in [1.807, 2.05) is 58.0 Å². The Balaban J connectivity index is 1.76. The van der Waals surface area contributed by atoms with Gasteiger partial charge < -0.3 is 10.1 Å². The van der Waals surface area contributed by atoms with Gasteiger partial charge in [-0.15, -0.1) is 0 Å². The number of hydrogen-bond acceptors (Lipinski definition) is 5. The molecule has 1 aliphatic heterocycles. The van der Waals surface area contributed by atoms with E-state index >= 15 is 0 Å². The molecule has 1 amide bonds. The van der Waals surface area contributed by atoms with Crippen molar-refractivity contribution in [1.29, 1.82) is 0 Å². The lowest BCUT2D eigenvalue weighted by Gasteiger charge is -2.45. The molecule has 0 aromatic heterocycles. The zero-order valence-corrected chi connectivity index (χ0v) is 20.9. The van der Waals surface area contributed by atoms with Gasteiger partial charge in [0.15, 0.2) is 0 Å². The lowest BCUT2D eigenvalue weighted by molar-refractivity contribution is -0.124. The average Bonchev–Trinajstić information content (AvgIpc) is 2.77. The fourth-order valence-electron chi connectivity index (χ4n) is 4.16. The number of morpholine rings is 1. The van der Waals surface area contributed by atoms with Gasteiger partial charge in [-0.3, -0.25) is 9.69 Å². The first-order valence-corrected chi connectivity index (χ1v) is 13.0. The molecule has 1 fully saturated rings. The number of ether oxygens (including phenoxy) is 1. The van der Waals surface area contributed by atoms with Crippen LogP contribution in [0.2, 0.25) is 0 Å². The quantitative estimate of drug-likeness (QED) is 0.563. The Morgan fingerprint density at radius 1 is 1.09 bits per heavy atom. The van der Waals surface area contributed by atoms with Gasteiger partial charge in [-0.05, 0) is 51.8 Å². The molecular formula is C25H34FN3O4S. The second-order valence-electron chi connectivity index (χ2n) is 9.49. The molecule has 0 saturated carbocycles. The summed E-state index contributed by atoms with van der Waals surface area (Å²) >= 11 is 0. The highest BCUT2D eigenvalue weighted by Crippen LogP contribution is 2.21. The number of halogens is 1. The van der Waals surface area contributed by atoms with Gasteiger partial charge in [-0.25, -0.2) is 12.8 Å². The molecule has 3 atom stereocenters. The van der Waals surface area contributed by atoms with Crippen molar-refractivity contribution in [3.8, 4) is 0 Å². The number of carbonyl (C=O) groups is 1. The third kappa shape index (κ3) is 6.85. The molecule has 7 nitrogen and oxygen atoms in total. The van der Waals surface area contributed by atoms with Gasteiger partial charge in [0.25, 0.3) is 0 Å². The molecule has 1 saturated heterocycles. The van der Waals surface area contributed by atoms with Crippen molar-refractivity contribution in [2.75, 3.05) is 19.6 Å². The van der Waals surface area contributed by atoms with Gasteiger partial charge in [0.05, 0.1) is 12.2 Å². The standard InChI is InChI=1S/C25H34FN3O4S/c1-18-15-29(16-19(2)33-18)25(3,4)17-27-24(30)22(14-20-10-6-5-7-11-20)28-34(31,32)23-13-9-8-12-21(23)26/h5-13,18-19,22,28H,14-17H2,1-4H3,(H,27,30). The molecule has 186 valence electrons. The van der Waals surface area contributed by atoms with Crippen LogP contribution in [0.4, 0.5) is 4.39 Å². The maximum absolute atomic E-state index is 14.2. The molecule has 2 aromatic rings. The van der Waals surface area contributed by atoms with E-state index in [1.54, 1.807) is 0 Å². The first kappa shape index (κ1) is 26.3. The van der Waals surface area contributed by atoms with Crippen molar-refractivity contribution in [3.05, 3.63) is 66.0 Å². The summed E-state index contributed by atoms with van der Waals surface area (Å²) in [4.78, 5) is 15.0. The highest BCUT2D eigenvalue weighted by Gasteiger charge is 2.35. The number of carbonyl (C=O) groups excluding carboxylic acids is 1. The van der Waals surface area contributed by atoms with Crippen LogP contribution in [-0.4, -0.2) is 62.6 Å². The third-order valence-corrected chi connectivity index (χ3v) is 7.50. The van der Waals surface area contributed by atoms with E-state index in [-0.39, 0.29) is 24.2 Å². The molecule has 0 bridgehead atoms. The van der Waals surface area contributed by atoms with E-state index in [1.165, 1.54) is 18.2 Å². The van der Waals surface area contributed by atoms with E-state index in [0.29, 0.717) is 6.54 Å². The van der Waals surface area contributed by atoms with Crippen LogP contribution >= 0.6 is 0 Å². The summed E-state index contributed by atoms with van der Waals surface area (Å²) in [5, 5.41) is 2.92. The number of amides is 1. The molecule has 0 spiro atoms. The minimum Gasteiger partial charge on any atom is -0.373 e. The van der Waals surface area contributed by atoms with Crippen LogP contribution in [0.3, 0.4) is 0 Å². The van der Waals surface area contributed by atoms with Crippen molar-refractivity contribution in [3.63, 3.8) is 0 Å². The summed E-state index contributed by atoms with van der Waals surface area (Å²) in [5.41, 5.74) is 0.415. The van der Waals surface area contributed by atoms with Gasteiger partial charge in [-0.1, -0.05) is 42.5 Å². The maximum atomic E-state index is 14.2. The van der Waals surface area contributed by atoms with Crippen LogP contribution in [0, 0.1) is 5.82 Å². The molecule has 1 aliphatic rings. The summed E-state index contributed by atoms with van der Waals surface area (Å²) in [6, 6.07) is 13.1. The van der Waals surface area contributed by atoms with Gasteiger partial charge in [-0.2, -0.15) is 4.72 Å². The summed E-state index contributed by atoms with van der Waals surface area (Å²) in [7, 11) is -4.26. The smallest absolute Gasteiger partial charge is 0.244 e. The topological polar surface area (TPSA) is 87.7 Å². The molecular weight excluding hydrogens is 457 g/mol. The molecule has 0 radical (unpaired) electrons. The van der Waals surface area contributed by atoms with E-state index in [9.17, 15) is 17.6 Å². The Morgan fingerprint density at radius 3 is 2.29 bits per heavy atom. The molecule has 9 heteroatoms. The van der Waals surface area contributed by atoms with E-state index in [2.05, 4.69) is 14.9 Å². The number of benzene rings is 2. The lowest BCUT2D eigenvalue weighted by Crippen LogP contribution is -2.60. The van der Waals surface area contributed by atoms with Crippen molar-refractivity contribution in [2.24, 2.45) is 0 Å². The van der Waals surface area contributed by atoms with Crippen molar-refractivity contribution >= 4 is 15.9 Å². The van der Waals surface area contributed by atoms with Gasteiger partial charge in [0, 0.05) is 25.2 Å². The van der Waals surface area contributed by atoms with Gasteiger partial charge in [0.1, 0.15) is 16.8 Å². The summed E-state index contributed by atoms with van der Waals surface area (Å²) in [5.74, 6) is -1.34. The van der Waals surface area contributed by atoms with Crippen molar-refractivity contribution < 1.29 is 22.3 Å². The number of sulfonamides is 1. The molecule has 34 heavy (non-hydrogen) atoms. The number of nitrogens with zero attached hydrogens (tertiary/aromatic N) is 1. The van der Waals surface area contributed by atoms with Crippen molar-refractivity contribution in [2.45, 2.75) is 62.8 Å². The first-order chi connectivity index (χ1) is 16.0. The number of rotatable bonds is 9. The largest absolute Gasteiger partial charge is 0.373 e. The van der Waals surface area contributed by atoms with Crippen LogP contribution in [0.5, 0.6) is 0 Å². The Bertz CT molecular complexity index is 1070. The summed E-state index contributed by atoms with van der Waals surface area (Å²) < 4.78 is 48.3. The monoisotopic (exact) mass is 491 g/mol. The Morgan fingerprint density at radius 2 is 1.68 bits per heavy atom. The van der Waals surface area contributed by atoms with Crippen LogP contribution < -0.4 is 10.0 Å². The van der Waals surface area contributed by atoms with Crippen molar-refractivity contribution in [1.82, 2.24) is 14.9 Å². The van der Waals surface area contributed by atoms with E-state index in [0.717, 1.165) is 24.7 Å². The first-order valence-electron chi connectivity index (χ1n) is 11.5. The number of nitrogens with one attached hydrogen (secondary N) is 2. The number of hydrogen-bond donors (Lipinski definition) is 2.